The zero-order valence-electron chi connectivity index (χ0n) is 16.4. The first-order valence-corrected chi connectivity index (χ1v) is 9.62. The molecule has 8 nitrogen and oxygen atoms in total. The number of ether oxygens (including phenoxy) is 1. The van der Waals surface area contributed by atoms with E-state index in [9.17, 15) is 19.2 Å². The van der Waals surface area contributed by atoms with Gasteiger partial charge in [0.1, 0.15) is 11.3 Å². The van der Waals surface area contributed by atoms with Crippen LogP contribution in [0.1, 0.15) is 17.5 Å². The van der Waals surface area contributed by atoms with Gasteiger partial charge in [-0.1, -0.05) is 24.3 Å². The molecule has 4 amide bonds. The van der Waals surface area contributed by atoms with Crippen molar-refractivity contribution < 1.29 is 23.9 Å². The number of para-hydroxylation sites is 1. The molecular weight excluding hydrogens is 386 g/mol. The number of amides is 4. The first-order valence-electron chi connectivity index (χ1n) is 9.62. The summed E-state index contributed by atoms with van der Waals surface area (Å²) < 4.78 is 5.45. The highest BCUT2D eigenvalue weighted by Crippen LogP contribution is 2.38. The molecule has 2 N–H and O–H groups in total. The van der Waals surface area contributed by atoms with E-state index in [0.29, 0.717) is 24.3 Å². The first kappa shape index (κ1) is 19.6. The maximum Gasteiger partial charge on any atom is 0.324 e. The molecule has 1 aliphatic heterocycles. The smallest absolute Gasteiger partial charge is 0.324 e. The quantitative estimate of drug-likeness (QED) is 0.560. The minimum atomic E-state index is -0.924. The SMILES string of the molecule is CN1C(=O)NC(=O)C12Cc1ccc(NC(=O)C(=O)CCOc3ccccc3)cc1C2. The van der Waals surface area contributed by atoms with Crippen molar-refractivity contribution in [1.29, 1.82) is 0 Å². The largest absolute Gasteiger partial charge is 0.493 e. The molecule has 0 saturated carbocycles. The van der Waals surface area contributed by atoms with E-state index in [4.69, 9.17) is 4.74 Å². The molecule has 1 aliphatic carbocycles. The van der Waals surface area contributed by atoms with Crippen LogP contribution in [0.15, 0.2) is 48.5 Å². The van der Waals surface area contributed by atoms with Gasteiger partial charge < -0.3 is 15.0 Å². The topological polar surface area (TPSA) is 105 Å². The molecule has 8 heteroatoms. The molecule has 0 bridgehead atoms. The lowest BCUT2D eigenvalue weighted by Gasteiger charge is -2.27. The fraction of sp³-hybridized carbons (Fsp3) is 0.273. The number of nitrogens with one attached hydrogen (secondary N) is 2. The summed E-state index contributed by atoms with van der Waals surface area (Å²) in [4.78, 5) is 50.0. The van der Waals surface area contributed by atoms with E-state index in [-0.39, 0.29) is 18.9 Å². The van der Waals surface area contributed by atoms with Gasteiger partial charge in [0.25, 0.3) is 11.8 Å². The maximum absolute atomic E-state index is 12.3. The highest BCUT2D eigenvalue weighted by Gasteiger charge is 2.54. The number of carbonyl (C=O) groups excluding carboxylic acids is 4. The van der Waals surface area contributed by atoms with Gasteiger partial charge in [-0.15, -0.1) is 0 Å². The van der Waals surface area contributed by atoms with Crippen LogP contribution >= 0.6 is 0 Å². The normalized spacial score (nSPS) is 19.6. The summed E-state index contributed by atoms with van der Waals surface area (Å²) in [6, 6.07) is 13.9. The van der Waals surface area contributed by atoms with Crippen LogP contribution in [0.2, 0.25) is 0 Å². The van der Waals surface area contributed by atoms with Crippen molar-refractivity contribution in [3.05, 3.63) is 59.7 Å². The number of carbonyl (C=O) groups is 4. The van der Waals surface area contributed by atoms with Gasteiger partial charge in [-0.05, 0) is 35.4 Å². The number of ketones is 1. The van der Waals surface area contributed by atoms with Crippen molar-refractivity contribution in [1.82, 2.24) is 10.2 Å². The Hall–Kier alpha value is -3.68. The van der Waals surface area contributed by atoms with Gasteiger partial charge in [-0.2, -0.15) is 0 Å². The lowest BCUT2D eigenvalue weighted by molar-refractivity contribution is -0.135. The third-order valence-corrected chi connectivity index (χ3v) is 5.61. The molecule has 2 aliphatic rings. The molecule has 1 spiro atoms. The predicted octanol–water partition coefficient (Wildman–Crippen LogP) is 1.68. The molecule has 1 saturated heterocycles. The average Bonchev–Trinajstić information content (AvgIpc) is 3.22. The molecular formula is C22H21N3O5. The number of benzene rings is 2. The highest BCUT2D eigenvalue weighted by atomic mass is 16.5. The van der Waals surface area contributed by atoms with E-state index < -0.39 is 23.3 Å². The van der Waals surface area contributed by atoms with E-state index >= 15 is 0 Å². The Balaban J connectivity index is 1.36. The summed E-state index contributed by atoms with van der Waals surface area (Å²) >= 11 is 0. The van der Waals surface area contributed by atoms with E-state index in [0.717, 1.165) is 11.1 Å². The highest BCUT2D eigenvalue weighted by molar-refractivity contribution is 6.40. The second kappa shape index (κ2) is 7.62. The van der Waals surface area contributed by atoms with E-state index in [1.807, 2.05) is 24.3 Å². The van der Waals surface area contributed by atoms with Crippen molar-refractivity contribution in [3.63, 3.8) is 0 Å². The molecule has 1 fully saturated rings. The van der Waals surface area contributed by atoms with Crippen LogP contribution in [-0.2, 0) is 27.2 Å². The van der Waals surface area contributed by atoms with Crippen molar-refractivity contribution in [2.45, 2.75) is 24.8 Å². The van der Waals surface area contributed by atoms with Crippen molar-refractivity contribution in [2.24, 2.45) is 0 Å². The molecule has 2 aromatic rings. The van der Waals surface area contributed by atoms with Crippen LogP contribution in [0.25, 0.3) is 0 Å². The monoisotopic (exact) mass is 407 g/mol. The van der Waals surface area contributed by atoms with Gasteiger partial charge in [0, 0.05) is 25.6 Å². The first-order chi connectivity index (χ1) is 14.4. The van der Waals surface area contributed by atoms with Gasteiger partial charge in [-0.25, -0.2) is 4.79 Å². The molecule has 1 heterocycles. The van der Waals surface area contributed by atoms with E-state index in [1.54, 1.807) is 31.3 Å². The summed E-state index contributed by atoms with van der Waals surface area (Å²) in [6.07, 6.45) is 0.737. The number of rotatable bonds is 6. The molecule has 154 valence electrons. The van der Waals surface area contributed by atoms with Crippen molar-refractivity contribution in [3.8, 4) is 5.75 Å². The number of Topliss-reactive ketones (excluding diaryl/α,β-unsaturated/α-hetero) is 1. The van der Waals surface area contributed by atoms with Crippen molar-refractivity contribution in [2.75, 3.05) is 19.0 Å². The fourth-order valence-electron chi connectivity index (χ4n) is 3.87. The second-order valence-electron chi connectivity index (χ2n) is 7.48. The summed E-state index contributed by atoms with van der Waals surface area (Å²) in [5.74, 6) is -0.975. The molecule has 0 aromatic heterocycles. The zero-order valence-corrected chi connectivity index (χ0v) is 16.4. The minimum absolute atomic E-state index is 0.0398. The Bertz CT molecular complexity index is 1040. The Morgan fingerprint density at radius 3 is 2.53 bits per heavy atom. The predicted molar refractivity (Wildman–Crippen MR) is 108 cm³/mol. The maximum atomic E-state index is 12.3. The molecule has 1 atom stereocenters. The zero-order chi connectivity index (χ0) is 21.3. The summed E-state index contributed by atoms with van der Waals surface area (Å²) in [7, 11) is 1.60. The van der Waals surface area contributed by atoms with Crippen LogP contribution in [-0.4, -0.2) is 47.7 Å². The summed E-state index contributed by atoms with van der Waals surface area (Å²) in [5, 5.41) is 4.95. The number of hydrogen-bond acceptors (Lipinski definition) is 5. The van der Waals surface area contributed by atoms with Crippen molar-refractivity contribution >= 4 is 29.3 Å². The third kappa shape index (κ3) is 3.52. The minimum Gasteiger partial charge on any atom is -0.493 e. The standard InChI is InChI=1S/C22H21N3O5/c1-25-21(29)24-20(28)22(25)12-14-7-8-16(11-15(14)13-22)23-19(27)18(26)9-10-30-17-5-3-2-4-6-17/h2-8,11H,9-10,12-13H2,1H3,(H,23,27)(H,24,28,29). The van der Waals surface area contributed by atoms with Gasteiger partial charge >= 0.3 is 6.03 Å². The van der Waals surface area contributed by atoms with Crippen LogP contribution in [0.5, 0.6) is 5.75 Å². The summed E-state index contributed by atoms with van der Waals surface area (Å²) in [6.45, 7) is 0.110. The van der Waals surface area contributed by atoms with Gasteiger partial charge in [-0.3, -0.25) is 19.7 Å². The van der Waals surface area contributed by atoms with E-state index in [2.05, 4.69) is 10.6 Å². The second-order valence-corrected chi connectivity index (χ2v) is 7.48. The van der Waals surface area contributed by atoms with Crippen LogP contribution < -0.4 is 15.4 Å². The molecule has 4 rings (SSSR count). The number of fused-ring (bicyclic) bond motifs is 1. The number of imide groups is 1. The van der Waals surface area contributed by atoms with Crippen LogP contribution in [0, 0.1) is 0 Å². The van der Waals surface area contributed by atoms with Gasteiger partial charge in [0.05, 0.1) is 13.0 Å². The number of urea groups is 1. The Morgan fingerprint density at radius 1 is 1.10 bits per heavy atom. The Kier molecular flexibility index (Phi) is 4.99. The molecule has 1 unspecified atom stereocenters. The number of anilines is 1. The summed E-state index contributed by atoms with van der Waals surface area (Å²) in [5.41, 5.74) is 1.35. The van der Waals surface area contributed by atoms with E-state index in [1.165, 1.54) is 4.90 Å². The number of hydrogen-bond donors (Lipinski definition) is 2. The fourth-order valence-corrected chi connectivity index (χ4v) is 3.87. The number of likely N-dealkylation sites (N-methyl/N-ethyl adjacent to an activating group) is 1. The molecule has 2 aromatic carbocycles. The van der Waals surface area contributed by atoms with Crippen LogP contribution in [0.3, 0.4) is 0 Å². The van der Waals surface area contributed by atoms with Gasteiger partial charge in [0.2, 0.25) is 5.78 Å². The average molecular weight is 407 g/mol. The Morgan fingerprint density at radius 2 is 1.83 bits per heavy atom. The van der Waals surface area contributed by atoms with Gasteiger partial charge in [0.15, 0.2) is 0 Å². The third-order valence-electron chi connectivity index (χ3n) is 5.61. The Labute approximate surface area is 173 Å². The molecule has 30 heavy (non-hydrogen) atoms. The van der Waals surface area contributed by atoms with Crippen LogP contribution in [0.4, 0.5) is 10.5 Å². The number of nitrogens with zero attached hydrogens (tertiary/aromatic N) is 1. The lowest BCUT2D eigenvalue weighted by atomic mass is 9.95. The molecule has 0 radical (unpaired) electrons. The lowest BCUT2D eigenvalue weighted by Crippen LogP contribution is -2.48.